The zero-order valence-corrected chi connectivity index (χ0v) is 16.8. The fraction of sp³-hybridized carbons (Fsp3) is 0.182. The van der Waals surface area contributed by atoms with Gasteiger partial charge in [-0.1, -0.05) is 42.0 Å². The molecule has 1 aliphatic rings. The maximum absolute atomic E-state index is 12.7. The standard InChI is InChI=1S/C22H19N3O3S/c1-13-6-5-7-15(10-13)11-16-12-23-22(29-16)24-19(26)14(2)25-20(27)17-8-3-4-9-18(17)21(25)28/h3-10,12,14H,11H2,1-2H3,(H,23,24,26). The predicted molar refractivity (Wildman–Crippen MR) is 111 cm³/mol. The fourth-order valence-corrected chi connectivity index (χ4v) is 4.21. The van der Waals surface area contributed by atoms with Crippen LogP contribution in [0, 0.1) is 6.92 Å². The number of anilines is 1. The number of amides is 3. The van der Waals surface area contributed by atoms with E-state index in [1.807, 2.05) is 19.1 Å². The lowest BCUT2D eigenvalue weighted by atomic mass is 10.1. The lowest BCUT2D eigenvalue weighted by molar-refractivity contribution is -0.119. The number of nitrogens with zero attached hydrogens (tertiary/aromatic N) is 2. The number of imide groups is 1. The van der Waals surface area contributed by atoms with Crippen molar-refractivity contribution in [3.05, 3.63) is 81.9 Å². The van der Waals surface area contributed by atoms with E-state index in [2.05, 4.69) is 22.4 Å². The zero-order chi connectivity index (χ0) is 20.5. The number of nitrogens with one attached hydrogen (secondary N) is 1. The average Bonchev–Trinajstić information content (AvgIpc) is 3.24. The molecule has 0 spiro atoms. The summed E-state index contributed by atoms with van der Waals surface area (Å²) in [6, 6.07) is 13.9. The van der Waals surface area contributed by atoms with Crippen LogP contribution in [0.3, 0.4) is 0 Å². The molecule has 0 saturated heterocycles. The second kappa shape index (κ2) is 7.60. The smallest absolute Gasteiger partial charge is 0.262 e. The summed E-state index contributed by atoms with van der Waals surface area (Å²) in [4.78, 5) is 44.0. The molecule has 1 atom stereocenters. The number of carbonyl (C=O) groups excluding carboxylic acids is 3. The highest BCUT2D eigenvalue weighted by molar-refractivity contribution is 7.15. The molecule has 3 amide bonds. The van der Waals surface area contributed by atoms with Gasteiger partial charge in [0.05, 0.1) is 11.1 Å². The topological polar surface area (TPSA) is 79.4 Å². The Bertz CT molecular complexity index is 1090. The number of thiazole rings is 1. The first-order valence-electron chi connectivity index (χ1n) is 9.22. The third-order valence-electron chi connectivity index (χ3n) is 4.84. The number of hydrogen-bond acceptors (Lipinski definition) is 5. The molecule has 0 aliphatic carbocycles. The monoisotopic (exact) mass is 405 g/mol. The van der Waals surface area contributed by atoms with Crippen LogP contribution in [0.15, 0.2) is 54.7 Å². The van der Waals surface area contributed by atoms with Crippen LogP contribution in [0.2, 0.25) is 0 Å². The molecule has 1 N–H and O–H groups in total. The van der Waals surface area contributed by atoms with Crippen molar-refractivity contribution in [2.24, 2.45) is 0 Å². The highest BCUT2D eigenvalue weighted by Gasteiger charge is 2.40. The van der Waals surface area contributed by atoms with Gasteiger partial charge in [0.15, 0.2) is 5.13 Å². The summed E-state index contributed by atoms with van der Waals surface area (Å²) in [5.74, 6) is -1.35. The number of hydrogen-bond donors (Lipinski definition) is 1. The Balaban J connectivity index is 1.44. The summed E-state index contributed by atoms with van der Waals surface area (Å²) in [6.07, 6.45) is 2.46. The molecule has 3 aromatic rings. The maximum atomic E-state index is 12.7. The quantitative estimate of drug-likeness (QED) is 0.657. The molecule has 1 unspecified atom stereocenters. The summed E-state index contributed by atoms with van der Waals surface area (Å²) in [6.45, 7) is 3.58. The van der Waals surface area contributed by atoms with Crippen molar-refractivity contribution < 1.29 is 14.4 Å². The van der Waals surface area contributed by atoms with Crippen molar-refractivity contribution in [1.82, 2.24) is 9.88 Å². The van der Waals surface area contributed by atoms with Gasteiger partial charge >= 0.3 is 0 Å². The normalized spacial score (nSPS) is 14.1. The van der Waals surface area contributed by atoms with E-state index >= 15 is 0 Å². The third kappa shape index (κ3) is 3.69. The molecule has 2 heterocycles. The van der Waals surface area contributed by atoms with Gasteiger partial charge in [-0.3, -0.25) is 19.3 Å². The fourth-order valence-electron chi connectivity index (χ4n) is 3.36. The molecule has 0 fully saturated rings. The second-order valence-corrected chi connectivity index (χ2v) is 8.10. The molecule has 4 rings (SSSR count). The summed E-state index contributed by atoms with van der Waals surface area (Å²) in [7, 11) is 0. The van der Waals surface area contributed by atoms with Gasteiger partial charge in [-0.05, 0) is 31.5 Å². The van der Waals surface area contributed by atoms with E-state index < -0.39 is 23.8 Å². The number of benzene rings is 2. The summed E-state index contributed by atoms with van der Waals surface area (Å²) in [5, 5.41) is 3.17. The number of aryl methyl sites for hydroxylation is 1. The second-order valence-electron chi connectivity index (χ2n) is 6.99. The van der Waals surface area contributed by atoms with Crippen LogP contribution in [-0.4, -0.2) is 33.6 Å². The highest BCUT2D eigenvalue weighted by Crippen LogP contribution is 2.26. The molecule has 29 heavy (non-hydrogen) atoms. The molecule has 2 aromatic carbocycles. The summed E-state index contributed by atoms with van der Waals surface area (Å²) >= 11 is 1.38. The highest BCUT2D eigenvalue weighted by atomic mass is 32.1. The zero-order valence-electron chi connectivity index (χ0n) is 16.0. The Hall–Kier alpha value is -3.32. The number of carbonyl (C=O) groups is 3. The van der Waals surface area contributed by atoms with Crippen LogP contribution >= 0.6 is 11.3 Å². The largest absolute Gasteiger partial charge is 0.300 e. The van der Waals surface area contributed by atoms with Gasteiger partial charge < -0.3 is 5.32 Å². The van der Waals surface area contributed by atoms with E-state index in [-0.39, 0.29) is 0 Å². The molecule has 6 nitrogen and oxygen atoms in total. The van der Waals surface area contributed by atoms with Gasteiger partial charge in [0.1, 0.15) is 6.04 Å². The van der Waals surface area contributed by atoms with Crippen LogP contribution in [0.25, 0.3) is 0 Å². The third-order valence-corrected chi connectivity index (χ3v) is 5.75. The van der Waals surface area contributed by atoms with E-state index in [0.717, 1.165) is 16.2 Å². The van der Waals surface area contributed by atoms with Gasteiger partial charge in [-0.25, -0.2) is 4.98 Å². The van der Waals surface area contributed by atoms with E-state index in [9.17, 15) is 14.4 Å². The van der Waals surface area contributed by atoms with Gasteiger partial charge in [0.25, 0.3) is 11.8 Å². The molecular formula is C22H19N3O3S. The minimum Gasteiger partial charge on any atom is -0.300 e. The van der Waals surface area contributed by atoms with Gasteiger partial charge in [0, 0.05) is 17.5 Å². The molecule has 146 valence electrons. The van der Waals surface area contributed by atoms with Crippen molar-refractivity contribution in [3.8, 4) is 0 Å². The lowest BCUT2D eigenvalue weighted by Gasteiger charge is -2.21. The first-order valence-corrected chi connectivity index (χ1v) is 10.0. The minimum absolute atomic E-state index is 0.326. The van der Waals surface area contributed by atoms with Crippen LogP contribution in [0.4, 0.5) is 5.13 Å². The van der Waals surface area contributed by atoms with E-state index in [1.54, 1.807) is 30.5 Å². The number of fused-ring (bicyclic) bond motifs is 1. The molecule has 7 heteroatoms. The number of rotatable bonds is 5. The van der Waals surface area contributed by atoms with Crippen LogP contribution < -0.4 is 5.32 Å². The first-order chi connectivity index (χ1) is 13.9. The molecule has 1 aromatic heterocycles. The first kappa shape index (κ1) is 19.0. The van der Waals surface area contributed by atoms with Crippen molar-refractivity contribution in [1.29, 1.82) is 0 Å². The van der Waals surface area contributed by atoms with Gasteiger partial charge in [-0.2, -0.15) is 0 Å². The molecule has 1 aliphatic heterocycles. The molecule has 0 saturated carbocycles. The van der Waals surface area contributed by atoms with Crippen LogP contribution in [-0.2, 0) is 11.2 Å². The molecular weight excluding hydrogens is 386 g/mol. The number of aromatic nitrogens is 1. The summed E-state index contributed by atoms with van der Waals surface area (Å²) in [5.41, 5.74) is 3.01. The SMILES string of the molecule is Cc1cccc(Cc2cnc(NC(=O)C(C)N3C(=O)c4ccccc4C3=O)s2)c1. The van der Waals surface area contributed by atoms with Crippen molar-refractivity contribution in [3.63, 3.8) is 0 Å². The summed E-state index contributed by atoms with van der Waals surface area (Å²) < 4.78 is 0. The van der Waals surface area contributed by atoms with E-state index in [4.69, 9.17) is 0 Å². The Labute approximate surface area is 172 Å². The van der Waals surface area contributed by atoms with Crippen molar-refractivity contribution in [2.75, 3.05) is 5.32 Å². The van der Waals surface area contributed by atoms with Gasteiger partial charge in [0.2, 0.25) is 5.91 Å². The van der Waals surface area contributed by atoms with Crippen molar-refractivity contribution in [2.45, 2.75) is 26.3 Å². The Morgan fingerprint density at radius 2 is 1.79 bits per heavy atom. The Morgan fingerprint density at radius 3 is 2.45 bits per heavy atom. The Morgan fingerprint density at radius 1 is 1.10 bits per heavy atom. The molecule has 0 radical (unpaired) electrons. The van der Waals surface area contributed by atoms with Crippen LogP contribution in [0.5, 0.6) is 0 Å². The molecule has 0 bridgehead atoms. The van der Waals surface area contributed by atoms with Crippen molar-refractivity contribution >= 4 is 34.2 Å². The lowest BCUT2D eigenvalue weighted by Crippen LogP contribution is -2.45. The van der Waals surface area contributed by atoms with E-state index in [0.29, 0.717) is 16.3 Å². The van der Waals surface area contributed by atoms with E-state index in [1.165, 1.54) is 29.4 Å². The van der Waals surface area contributed by atoms with Gasteiger partial charge in [-0.15, -0.1) is 11.3 Å². The minimum atomic E-state index is -0.938. The average molecular weight is 405 g/mol. The Kier molecular flexibility index (Phi) is 4.98. The maximum Gasteiger partial charge on any atom is 0.262 e. The van der Waals surface area contributed by atoms with Crippen LogP contribution in [0.1, 0.15) is 43.6 Å². The predicted octanol–water partition coefficient (Wildman–Crippen LogP) is 3.67.